The predicted octanol–water partition coefficient (Wildman–Crippen LogP) is 4.30. The molecule has 0 aliphatic carbocycles. The molecule has 4 rings (SSSR count). The Kier molecular flexibility index (Phi) is 4.89. The molecule has 1 amide bonds. The topological polar surface area (TPSA) is 62.5 Å². The van der Waals surface area contributed by atoms with Gasteiger partial charge in [0.05, 0.1) is 23.1 Å². The van der Waals surface area contributed by atoms with E-state index in [1.54, 1.807) is 19.2 Å². The molecule has 1 saturated heterocycles. The first kappa shape index (κ1) is 19.2. The van der Waals surface area contributed by atoms with Gasteiger partial charge in [0.15, 0.2) is 5.65 Å². The lowest BCUT2D eigenvalue weighted by Gasteiger charge is -2.31. The highest BCUT2D eigenvalue weighted by atomic mass is 19.4. The lowest BCUT2D eigenvalue weighted by molar-refractivity contribution is -0.137. The number of alkyl halides is 3. The number of rotatable bonds is 3. The lowest BCUT2D eigenvalue weighted by Crippen LogP contribution is -2.30. The molecule has 0 unspecified atom stereocenters. The largest absolute Gasteiger partial charge is 0.416 e. The van der Waals surface area contributed by atoms with Gasteiger partial charge in [0.25, 0.3) is 5.91 Å². The number of nitrogens with one attached hydrogen (secondary N) is 1. The van der Waals surface area contributed by atoms with E-state index in [0.29, 0.717) is 17.0 Å². The van der Waals surface area contributed by atoms with Crippen LogP contribution in [-0.4, -0.2) is 33.6 Å². The van der Waals surface area contributed by atoms with Gasteiger partial charge in [-0.25, -0.2) is 9.50 Å². The minimum absolute atomic E-state index is 0.138. The molecule has 0 bridgehead atoms. The van der Waals surface area contributed by atoms with Crippen molar-refractivity contribution in [2.75, 3.05) is 23.3 Å². The van der Waals surface area contributed by atoms with E-state index in [1.165, 1.54) is 16.8 Å². The smallest absolute Gasteiger partial charge is 0.370 e. The molecule has 6 nitrogen and oxygen atoms in total. The van der Waals surface area contributed by atoms with Gasteiger partial charge >= 0.3 is 6.18 Å². The monoisotopic (exact) mass is 403 g/mol. The van der Waals surface area contributed by atoms with Crippen LogP contribution in [0, 0.1) is 6.92 Å². The van der Waals surface area contributed by atoms with Gasteiger partial charge in [0.2, 0.25) is 0 Å². The Morgan fingerprint density at radius 1 is 1.14 bits per heavy atom. The molecule has 9 heteroatoms. The first-order valence-electron chi connectivity index (χ1n) is 9.41. The number of aromatic nitrogens is 3. The summed E-state index contributed by atoms with van der Waals surface area (Å²) < 4.78 is 41.2. The molecule has 1 N–H and O–H groups in total. The van der Waals surface area contributed by atoms with Gasteiger partial charge in [0, 0.05) is 25.0 Å². The molecule has 0 spiro atoms. The van der Waals surface area contributed by atoms with Gasteiger partial charge in [0.1, 0.15) is 5.56 Å². The number of carbonyl (C=O) groups excluding carboxylic acids is 1. The predicted molar refractivity (Wildman–Crippen MR) is 103 cm³/mol. The SMILES string of the molecule is Cc1ccn2ncc(C(=O)Nc3cc(C(F)(F)F)ccc3N3CCCCC3)c2n1. The summed E-state index contributed by atoms with van der Waals surface area (Å²) in [4.78, 5) is 19.2. The lowest BCUT2D eigenvalue weighted by atomic mass is 10.1. The number of hydrogen-bond acceptors (Lipinski definition) is 4. The number of carbonyl (C=O) groups is 1. The van der Waals surface area contributed by atoms with E-state index in [0.717, 1.165) is 44.5 Å². The van der Waals surface area contributed by atoms with Gasteiger partial charge < -0.3 is 10.2 Å². The van der Waals surface area contributed by atoms with Crippen LogP contribution >= 0.6 is 0 Å². The first-order chi connectivity index (χ1) is 13.8. The molecular weight excluding hydrogens is 383 g/mol. The number of halogens is 3. The average molecular weight is 403 g/mol. The van der Waals surface area contributed by atoms with E-state index in [9.17, 15) is 18.0 Å². The van der Waals surface area contributed by atoms with Crippen LogP contribution < -0.4 is 10.2 Å². The number of benzene rings is 1. The fraction of sp³-hybridized carbons (Fsp3) is 0.350. The van der Waals surface area contributed by atoms with Crippen molar-refractivity contribution in [3.63, 3.8) is 0 Å². The van der Waals surface area contributed by atoms with Gasteiger partial charge in [-0.2, -0.15) is 18.3 Å². The Labute approximate surface area is 165 Å². The molecule has 0 atom stereocenters. The van der Waals surface area contributed by atoms with Crippen molar-refractivity contribution >= 4 is 22.9 Å². The summed E-state index contributed by atoms with van der Waals surface area (Å²) in [6.07, 6.45) is 1.57. The number of piperidine rings is 1. The number of nitrogens with zero attached hydrogens (tertiary/aromatic N) is 4. The van der Waals surface area contributed by atoms with E-state index in [1.807, 2.05) is 4.90 Å². The fourth-order valence-corrected chi connectivity index (χ4v) is 3.53. The molecule has 1 aliphatic rings. The van der Waals surface area contributed by atoms with Crippen molar-refractivity contribution < 1.29 is 18.0 Å². The third kappa shape index (κ3) is 3.90. The molecule has 1 fully saturated rings. The molecule has 152 valence electrons. The van der Waals surface area contributed by atoms with Gasteiger partial charge in [-0.1, -0.05) is 0 Å². The molecule has 1 aromatic carbocycles. The van der Waals surface area contributed by atoms with E-state index >= 15 is 0 Å². The molecule has 2 aromatic heterocycles. The van der Waals surface area contributed by atoms with Crippen molar-refractivity contribution in [3.8, 4) is 0 Å². The Hall–Kier alpha value is -3.10. The summed E-state index contributed by atoms with van der Waals surface area (Å²) in [6, 6.07) is 5.23. The first-order valence-corrected chi connectivity index (χ1v) is 9.41. The van der Waals surface area contributed by atoms with E-state index in [-0.39, 0.29) is 11.3 Å². The molecule has 29 heavy (non-hydrogen) atoms. The van der Waals surface area contributed by atoms with Crippen LogP contribution in [0.1, 0.15) is 40.9 Å². The van der Waals surface area contributed by atoms with Gasteiger partial charge in [-0.3, -0.25) is 4.79 Å². The van der Waals surface area contributed by atoms with Gasteiger partial charge in [-0.05, 0) is 50.5 Å². The third-order valence-electron chi connectivity index (χ3n) is 5.02. The standard InChI is InChI=1S/C20H20F3N5O/c1-13-7-10-28-18(25-13)15(12-24-28)19(29)26-16-11-14(20(21,22)23)5-6-17(16)27-8-3-2-4-9-27/h5-7,10-12H,2-4,8-9H2,1H3,(H,26,29). The van der Waals surface area contributed by atoms with Crippen LogP contribution in [0.2, 0.25) is 0 Å². The van der Waals surface area contributed by atoms with Crippen molar-refractivity contribution in [3.05, 3.63) is 53.5 Å². The second kappa shape index (κ2) is 7.38. The molecular formula is C20H20F3N5O. The molecule has 3 aromatic rings. The Morgan fingerprint density at radius 2 is 1.90 bits per heavy atom. The van der Waals surface area contributed by atoms with Crippen LogP contribution in [0.3, 0.4) is 0 Å². The van der Waals surface area contributed by atoms with E-state index in [2.05, 4.69) is 15.4 Å². The zero-order chi connectivity index (χ0) is 20.6. The van der Waals surface area contributed by atoms with E-state index in [4.69, 9.17) is 0 Å². The quantitative estimate of drug-likeness (QED) is 0.708. The van der Waals surface area contributed by atoms with Crippen molar-refractivity contribution in [2.45, 2.75) is 32.4 Å². The van der Waals surface area contributed by atoms with E-state index < -0.39 is 17.6 Å². The summed E-state index contributed by atoms with van der Waals surface area (Å²) in [5, 5.41) is 6.75. The molecule has 0 radical (unpaired) electrons. The van der Waals surface area contributed by atoms with Crippen LogP contribution in [0.5, 0.6) is 0 Å². The molecule has 0 saturated carbocycles. The highest BCUT2D eigenvalue weighted by Gasteiger charge is 2.32. The zero-order valence-corrected chi connectivity index (χ0v) is 15.8. The zero-order valence-electron chi connectivity index (χ0n) is 15.8. The normalized spacial score (nSPS) is 15.0. The summed E-state index contributed by atoms with van der Waals surface area (Å²) in [6.45, 7) is 3.27. The summed E-state index contributed by atoms with van der Waals surface area (Å²) in [7, 11) is 0. The maximum atomic E-state index is 13.3. The summed E-state index contributed by atoms with van der Waals surface area (Å²) in [5.74, 6) is -0.546. The Balaban J connectivity index is 1.71. The second-order valence-corrected chi connectivity index (χ2v) is 7.13. The summed E-state index contributed by atoms with van der Waals surface area (Å²) in [5.41, 5.74) is 1.19. The highest BCUT2D eigenvalue weighted by Crippen LogP contribution is 2.36. The van der Waals surface area contributed by atoms with Crippen LogP contribution in [-0.2, 0) is 6.18 Å². The maximum absolute atomic E-state index is 13.3. The average Bonchev–Trinajstić information content (AvgIpc) is 3.11. The number of hydrogen-bond donors (Lipinski definition) is 1. The maximum Gasteiger partial charge on any atom is 0.416 e. The minimum atomic E-state index is -4.50. The number of aryl methyl sites for hydroxylation is 1. The number of amides is 1. The Morgan fingerprint density at radius 3 is 2.62 bits per heavy atom. The van der Waals surface area contributed by atoms with Gasteiger partial charge in [-0.15, -0.1) is 0 Å². The highest BCUT2D eigenvalue weighted by molar-refractivity contribution is 6.09. The fourth-order valence-electron chi connectivity index (χ4n) is 3.53. The third-order valence-corrected chi connectivity index (χ3v) is 5.02. The molecule has 1 aliphatic heterocycles. The van der Waals surface area contributed by atoms with Crippen molar-refractivity contribution in [2.24, 2.45) is 0 Å². The van der Waals surface area contributed by atoms with Crippen molar-refractivity contribution in [1.82, 2.24) is 14.6 Å². The second-order valence-electron chi connectivity index (χ2n) is 7.13. The van der Waals surface area contributed by atoms with Crippen LogP contribution in [0.15, 0.2) is 36.7 Å². The Bertz CT molecular complexity index is 1050. The minimum Gasteiger partial charge on any atom is -0.370 e. The summed E-state index contributed by atoms with van der Waals surface area (Å²) >= 11 is 0. The number of fused-ring (bicyclic) bond motifs is 1. The van der Waals surface area contributed by atoms with Crippen LogP contribution in [0.4, 0.5) is 24.5 Å². The van der Waals surface area contributed by atoms with Crippen LogP contribution in [0.25, 0.3) is 5.65 Å². The molecule has 3 heterocycles. The number of anilines is 2. The van der Waals surface area contributed by atoms with Crippen molar-refractivity contribution in [1.29, 1.82) is 0 Å².